The molecule has 0 aromatic heterocycles. The Morgan fingerprint density at radius 3 is 1.03 bits per heavy atom. The van der Waals surface area contributed by atoms with Gasteiger partial charge in [0.25, 0.3) is 0 Å². The highest BCUT2D eigenvalue weighted by molar-refractivity contribution is 6.32. The van der Waals surface area contributed by atoms with Crippen LogP contribution in [0.1, 0.15) is 134 Å². The fraction of sp³-hybridized carbons (Fsp3) is 0.279. The van der Waals surface area contributed by atoms with E-state index in [2.05, 4.69) is 281 Å². The summed E-state index contributed by atoms with van der Waals surface area (Å²) in [6.07, 6.45) is 10.9. The number of para-hydroxylation sites is 3. The number of rotatable bonds is 7. The van der Waals surface area contributed by atoms with Gasteiger partial charge in [0.05, 0.1) is 0 Å². The highest BCUT2D eigenvalue weighted by Gasteiger charge is 2.54. The average Bonchev–Trinajstić information content (AvgIpc) is 1.39. The zero-order valence-corrected chi connectivity index (χ0v) is 52.5. The van der Waals surface area contributed by atoms with Gasteiger partial charge in [0.2, 0.25) is 0 Å². The van der Waals surface area contributed by atoms with Crippen LogP contribution in [0.3, 0.4) is 0 Å². The van der Waals surface area contributed by atoms with Gasteiger partial charge in [0, 0.05) is 68.5 Å². The maximum absolute atomic E-state index is 2.73. The van der Waals surface area contributed by atoms with E-state index in [1.54, 1.807) is 0 Å². The zero-order valence-electron chi connectivity index (χ0n) is 52.5. The second-order valence-corrected chi connectivity index (χ2v) is 29.2. The van der Waals surface area contributed by atoms with Gasteiger partial charge >= 0.3 is 0 Å². The molecule has 6 aliphatic rings. The molecular weight excluding hydrogens is 1070 g/mol. The second-order valence-electron chi connectivity index (χ2n) is 29.2. The molecule has 3 fully saturated rings. The van der Waals surface area contributed by atoms with Gasteiger partial charge in [-0.05, 0) is 286 Å². The Bertz CT molecular complexity index is 4670. The van der Waals surface area contributed by atoms with Crippen molar-refractivity contribution in [2.24, 2.45) is 17.8 Å². The lowest BCUT2D eigenvalue weighted by atomic mass is 9.69. The van der Waals surface area contributed by atoms with Crippen LogP contribution in [0.15, 0.2) is 224 Å². The lowest BCUT2D eigenvalue weighted by Crippen LogP contribution is -2.46. The predicted octanol–water partition coefficient (Wildman–Crippen LogP) is 23.8. The molecule has 0 saturated heterocycles. The minimum absolute atomic E-state index is 0.00507. The van der Waals surface area contributed by atoms with Crippen LogP contribution in [0.5, 0.6) is 0 Å². The van der Waals surface area contributed by atoms with Crippen LogP contribution in [0.4, 0.5) is 34.1 Å². The molecule has 438 valence electrons. The number of fused-ring (bicyclic) bond motifs is 10. The normalized spacial score (nSPS) is 26.0. The molecule has 0 radical (unpaired) electrons. The smallest absolute Gasteiger partial charge is 0.0492 e. The molecule has 3 heteroatoms. The Kier molecular flexibility index (Phi) is 11.8. The van der Waals surface area contributed by atoms with Gasteiger partial charge in [-0.3, -0.25) is 0 Å². The van der Waals surface area contributed by atoms with Crippen LogP contribution in [0.25, 0.3) is 87.6 Å². The Labute approximate surface area is 526 Å². The topological polar surface area (TPSA) is 9.72 Å². The summed E-state index contributed by atoms with van der Waals surface area (Å²) in [7, 11) is 0. The molecule has 0 spiro atoms. The largest absolute Gasteiger partial charge is 0.335 e. The number of hydrogen-bond acceptors (Lipinski definition) is 3. The van der Waals surface area contributed by atoms with Crippen molar-refractivity contribution in [3.05, 3.63) is 241 Å². The fourth-order valence-corrected chi connectivity index (χ4v) is 19.5. The van der Waals surface area contributed by atoms with Crippen molar-refractivity contribution >= 4 is 77.2 Å². The first kappa shape index (κ1) is 53.4. The molecule has 3 heterocycles. The van der Waals surface area contributed by atoms with Gasteiger partial charge in [-0.15, -0.1) is 0 Å². The molecule has 89 heavy (non-hydrogen) atoms. The fourth-order valence-electron chi connectivity index (χ4n) is 19.5. The Morgan fingerprint density at radius 2 is 0.640 bits per heavy atom. The van der Waals surface area contributed by atoms with Crippen LogP contribution < -0.4 is 14.7 Å². The summed E-state index contributed by atoms with van der Waals surface area (Å²) in [4.78, 5) is 8.18. The third-order valence-electron chi connectivity index (χ3n) is 24.0. The molecule has 18 rings (SSSR count). The van der Waals surface area contributed by atoms with Gasteiger partial charge in [-0.25, -0.2) is 0 Å². The molecule has 0 bridgehead atoms. The van der Waals surface area contributed by atoms with Crippen LogP contribution >= 0.6 is 0 Å². The van der Waals surface area contributed by atoms with E-state index in [1.165, 1.54) is 196 Å². The number of hydrogen-bond donors (Lipinski definition) is 0. The van der Waals surface area contributed by atoms with Gasteiger partial charge < -0.3 is 14.7 Å². The quantitative estimate of drug-likeness (QED) is 0.147. The first-order chi connectivity index (χ1) is 43.4. The van der Waals surface area contributed by atoms with E-state index >= 15 is 0 Å². The molecule has 3 saturated carbocycles. The van der Waals surface area contributed by atoms with Gasteiger partial charge in [0.1, 0.15) is 0 Å². The molecule has 0 N–H and O–H groups in total. The van der Waals surface area contributed by atoms with E-state index in [1.807, 2.05) is 0 Å². The molecular formula is C86H79N3. The molecule has 3 nitrogen and oxygen atoms in total. The Morgan fingerprint density at radius 1 is 0.303 bits per heavy atom. The maximum atomic E-state index is 2.73. The number of benzene rings is 12. The highest BCUT2D eigenvalue weighted by atomic mass is 15.3. The van der Waals surface area contributed by atoms with E-state index in [9.17, 15) is 0 Å². The molecule has 3 aliphatic heterocycles. The Balaban J connectivity index is 0.917. The Hall–Kier alpha value is -8.66. The average molecular weight is 1150 g/mol. The standard InChI is InChI=1S/C86H79N3/c1-53-39-42-84(4)76(45-53)73-48-57(29-36-79(73)87(84)60-21-10-7-11-22-60)69-51-70(58-30-37-80-74(49-58)77-46-54(2)40-43-85(77,5)88(80)61-23-12-8-13-24-61)66-34-35-68-72(64-28-18-20-56-19-16-17-27-63(56)64)52-71(67-33-32-65(69)82(66)83(67)68)59-31-38-81-75(50-59)78-47-55(3)41-44-86(78,6)89(81)62-25-14-9-15-26-62/h7-38,48-55,76-78H,39-47H2,1-6H3. The maximum Gasteiger partial charge on any atom is 0.0492 e. The summed E-state index contributed by atoms with van der Waals surface area (Å²) in [6, 6.07) is 88.0. The molecule has 12 aromatic carbocycles. The predicted molar refractivity (Wildman–Crippen MR) is 378 cm³/mol. The molecule has 12 aromatic rings. The first-order valence-corrected chi connectivity index (χ1v) is 33.7. The first-order valence-electron chi connectivity index (χ1n) is 33.7. The summed E-state index contributed by atoms with van der Waals surface area (Å²) >= 11 is 0. The summed E-state index contributed by atoms with van der Waals surface area (Å²) in [5.74, 6) is 3.27. The SMILES string of the molecule is CC1CCC2(C)C(C1)c1cc(-c3cc(-c4ccc5c(c4)C4CC(C)CCC4(C)N5c4ccccc4)c4ccc5c(-c6cccc7ccccc67)cc(-c6ccc7c(c6)C6CC(C)CCC6(C)N7c6ccccc6)c6ccc3c4c65)ccc1N2c1ccccc1. The third-order valence-corrected chi connectivity index (χ3v) is 24.0. The van der Waals surface area contributed by atoms with Crippen molar-refractivity contribution < 1.29 is 0 Å². The summed E-state index contributed by atoms with van der Waals surface area (Å²) < 4.78 is 0. The van der Waals surface area contributed by atoms with Crippen molar-refractivity contribution in [3.8, 4) is 44.5 Å². The van der Waals surface area contributed by atoms with Crippen molar-refractivity contribution in [2.45, 2.75) is 134 Å². The van der Waals surface area contributed by atoms with Gasteiger partial charge in [0.15, 0.2) is 0 Å². The van der Waals surface area contributed by atoms with Crippen molar-refractivity contribution in [2.75, 3.05) is 14.7 Å². The molecule has 9 atom stereocenters. The zero-order chi connectivity index (χ0) is 59.7. The monoisotopic (exact) mass is 1150 g/mol. The van der Waals surface area contributed by atoms with Crippen molar-refractivity contribution in [1.29, 1.82) is 0 Å². The highest BCUT2D eigenvalue weighted by Crippen LogP contribution is 2.63. The number of nitrogens with zero attached hydrogens (tertiary/aromatic N) is 3. The summed E-state index contributed by atoms with van der Waals surface area (Å²) in [6.45, 7) is 15.2. The van der Waals surface area contributed by atoms with Gasteiger partial charge in [-0.2, -0.15) is 0 Å². The summed E-state index contributed by atoms with van der Waals surface area (Å²) in [5, 5.41) is 10.6. The van der Waals surface area contributed by atoms with Crippen LogP contribution in [0, 0.1) is 17.8 Å². The second kappa shape index (κ2) is 19.7. The van der Waals surface area contributed by atoms with Crippen LogP contribution in [-0.4, -0.2) is 16.6 Å². The number of anilines is 6. The van der Waals surface area contributed by atoms with Gasteiger partial charge in [-0.1, -0.05) is 160 Å². The molecule has 9 unspecified atom stereocenters. The van der Waals surface area contributed by atoms with Crippen LogP contribution in [0.2, 0.25) is 0 Å². The lowest BCUT2D eigenvalue weighted by molar-refractivity contribution is 0.237. The van der Waals surface area contributed by atoms with E-state index in [4.69, 9.17) is 0 Å². The minimum Gasteiger partial charge on any atom is -0.335 e. The van der Waals surface area contributed by atoms with E-state index < -0.39 is 0 Å². The van der Waals surface area contributed by atoms with E-state index in [0.717, 1.165) is 0 Å². The van der Waals surface area contributed by atoms with Crippen molar-refractivity contribution in [1.82, 2.24) is 0 Å². The van der Waals surface area contributed by atoms with E-state index in [-0.39, 0.29) is 16.6 Å². The molecule has 3 aliphatic carbocycles. The van der Waals surface area contributed by atoms with E-state index in [0.29, 0.717) is 35.5 Å². The minimum atomic E-state index is -0.00847. The van der Waals surface area contributed by atoms with Crippen LogP contribution in [-0.2, 0) is 0 Å². The summed E-state index contributed by atoms with van der Waals surface area (Å²) in [5.41, 5.74) is 22.9. The molecule has 0 amide bonds. The third kappa shape index (κ3) is 7.76. The van der Waals surface area contributed by atoms with Crippen molar-refractivity contribution in [3.63, 3.8) is 0 Å². The lowest BCUT2D eigenvalue weighted by Gasteiger charge is -2.45.